The van der Waals surface area contributed by atoms with Crippen LogP contribution in [0.1, 0.15) is 13.8 Å². The molecule has 3 nitrogen and oxygen atoms in total. The van der Waals surface area contributed by atoms with E-state index in [4.69, 9.17) is 4.98 Å². The number of fused-ring (bicyclic) bond motifs is 2. The van der Waals surface area contributed by atoms with Crippen molar-refractivity contribution < 1.29 is 0 Å². The molecule has 0 unspecified atom stereocenters. The molecule has 0 aliphatic heterocycles. The number of hydrogen-bond acceptors (Lipinski definition) is 3. The molecule has 0 aliphatic rings. The van der Waals surface area contributed by atoms with Gasteiger partial charge in [-0.3, -0.25) is 0 Å². The van der Waals surface area contributed by atoms with Crippen molar-refractivity contribution in [1.29, 1.82) is 0 Å². The van der Waals surface area contributed by atoms with Gasteiger partial charge in [-0.1, -0.05) is 0 Å². The van der Waals surface area contributed by atoms with Crippen LogP contribution in [0.15, 0.2) is 36.4 Å². The third kappa shape index (κ3) is 2.71. The maximum Gasteiger partial charge on any atom is 0.259 e. The molecule has 0 saturated heterocycles. The van der Waals surface area contributed by atoms with Crippen molar-refractivity contribution in [1.82, 2.24) is 4.98 Å². The Balaban J connectivity index is 2.16. The number of rotatable bonds is 3. The van der Waals surface area contributed by atoms with Crippen molar-refractivity contribution in [3.63, 3.8) is 0 Å². The maximum atomic E-state index is 4.80. The van der Waals surface area contributed by atoms with Crippen molar-refractivity contribution in [3.8, 4) is 0 Å². The molecule has 3 rings (SSSR count). The Morgan fingerprint density at radius 2 is 1.41 bits per heavy atom. The zero-order valence-electron chi connectivity index (χ0n) is 13.8. The Kier molecular flexibility index (Phi) is 3.87. The minimum atomic E-state index is 0.483. The molecule has 0 aliphatic carbocycles. The molecule has 3 aromatic rings. The third-order valence-corrected chi connectivity index (χ3v) is 5.14. The van der Waals surface area contributed by atoms with Crippen LogP contribution >= 0.6 is 11.3 Å². The van der Waals surface area contributed by atoms with Crippen molar-refractivity contribution in [2.75, 3.05) is 30.9 Å². The van der Waals surface area contributed by atoms with E-state index in [1.807, 2.05) is 11.3 Å². The highest BCUT2D eigenvalue weighted by Gasteiger charge is 2.16. The van der Waals surface area contributed by atoms with Gasteiger partial charge >= 0.3 is 0 Å². The summed E-state index contributed by atoms with van der Waals surface area (Å²) in [4.78, 5) is 9.21. The Hall–Kier alpha value is -1.94. The standard InChI is InChI=1S/C18H22N3S/c1-12(2)21(5)14-7-9-16-18(11-14)22-17-10-13(20(3)4)6-8-15(17)19-16/h6-12H,1-5H3/q+1. The van der Waals surface area contributed by atoms with Crippen LogP contribution in [0.5, 0.6) is 0 Å². The molecule has 22 heavy (non-hydrogen) atoms. The molecule has 0 amide bonds. The predicted octanol–water partition coefficient (Wildman–Crippen LogP) is 4.64. The molecule has 2 aromatic carbocycles. The van der Waals surface area contributed by atoms with Gasteiger partial charge in [-0.25, -0.2) is 4.98 Å². The number of nitrogens with zero attached hydrogens (tertiary/aromatic N) is 3. The van der Waals surface area contributed by atoms with Gasteiger partial charge < -0.3 is 9.80 Å². The number of anilines is 2. The van der Waals surface area contributed by atoms with Crippen LogP contribution < -0.4 is 9.80 Å². The van der Waals surface area contributed by atoms with Crippen molar-refractivity contribution in [3.05, 3.63) is 36.4 Å². The summed E-state index contributed by atoms with van der Waals surface area (Å²) in [7, 11) is 6.27. The molecule has 0 bridgehead atoms. The maximum absolute atomic E-state index is 4.80. The molecule has 0 N–H and O–H groups in total. The fourth-order valence-electron chi connectivity index (χ4n) is 2.40. The van der Waals surface area contributed by atoms with E-state index in [0.717, 1.165) is 11.0 Å². The highest BCUT2D eigenvalue weighted by atomic mass is 32.1. The molecular weight excluding hydrogens is 290 g/mol. The minimum Gasteiger partial charge on any atom is -0.377 e. The van der Waals surface area contributed by atoms with Gasteiger partial charge in [0.25, 0.3) is 9.40 Å². The first-order valence-electron chi connectivity index (χ1n) is 7.53. The summed E-state index contributed by atoms with van der Waals surface area (Å²) in [6.45, 7) is 4.41. The Morgan fingerprint density at radius 3 is 1.95 bits per heavy atom. The van der Waals surface area contributed by atoms with E-state index >= 15 is 0 Å². The average molecular weight is 312 g/mol. The summed E-state index contributed by atoms with van der Waals surface area (Å²) in [6, 6.07) is 13.4. The normalized spacial score (nSPS) is 11.4. The summed E-state index contributed by atoms with van der Waals surface area (Å²) in [6.07, 6.45) is 0. The molecule has 0 spiro atoms. The smallest absolute Gasteiger partial charge is 0.259 e. The van der Waals surface area contributed by atoms with E-state index in [1.54, 1.807) is 0 Å². The van der Waals surface area contributed by atoms with Gasteiger partial charge in [0.15, 0.2) is 0 Å². The molecular formula is C18H22N3S+. The van der Waals surface area contributed by atoms with E-state index in [0.29, 0.717) is 6.04 Å². The molecule has 114 valence electrons. The second kappa shape index (κ2) is 5.69. The number of aromatic nitrogens is 1. The Morgan fingerprint density at radius 1 is 0.864 bits per heavy atom. The van der Waals surface area contributed by atoms with E-state index in [-0.39, 0.29) is 0 Å². The van der Waals surface area contributed by atoms with E-state index in [1.165, 1.54) is 20.8 Å². The fraction of sp³-hybridized carbons (Fsp3) is 0.333. The average Bonchev–Trinajstić information content (AvgIpc) is 2.50. The zero-order valence-corrected chi connectivity index (χ0v) is 14.6. The first-order chi connectivity index (χ1) is 10.5. The van der Waals surface area contributed by atoms with Gasteiger partial charge in [-0.05, 0) is 38.1 Å². The van der Waals surface area contributed by atoms with E-state index < -0.39 is 0 Å². The molecule has 0 atom stereocenters. The van der Waals surface area contributed by atoms with Crippen LogP contribution in [0.25, 0.3) is 20.4 Å². The lowest BCUT2D eigenvalue weighted by Crippen LogP contribution is -2.25. The van der Waals surface area contributed by atoms with E-state index in [9.17, 15) is 0 Å². The van der Waals surface area contributed by atoms with Gasteiger partial charge in [0.1, 0.15) is 11.0 Å². The van der Waals surface area contributed by atoms with Crippen molar-refractivity contribution in [2.45, 2.75) is 19.9 Å². The van der Waals surface area contributed by atoms with Crippen LogP contribution in [0.4, 0.5) is 11.4 Å². The Bertz CT molecular complexity index is 827. The van der Waals surface area contributed by atoms with Gasteiger partial charge in [-0.2, -0.15) is 0 Å². The van der Waals surface area contributed by atoms with Crippen molar-refractivity contribution >= 4 is 43.1 Å². The van der Waals surface area contributed by atoms with Crippen LogP contribution in [-0.2, 0) is 0 Å². The predicted molar refractivity (Wildman–Crippen MR) is 99.4 cm³/mol. The van der Waals surface area contributed by atoms with Crippen LogP contribution in [-0.4, -0.2) is 32.2 Å². The molecule has 1 heterocycles. The third-order valence-electron chi connectivity index (χ3n) is 4.05. The molecule has 4 heteroatoms. The summed E-state index contributed by atoms with van der Waals surface area (Å²) in [5.74, 6) is 0. The largest absolute Gasteiger partial charge is 0.377 e. The van der Waals surface area contributed by atoms with Crippen LogP contribution in [0.3, 0.4) is 0 Å². The Labute approximate surface area is 135 Å². The van der Waals surface area contributed by atoms with Gasteiger partial charge in [0.05, 0.1) is 0 Å². The summed E-state index contributed by atoms with van der Waals surface area (Å²) >= 11 is 1.81. The summed E-state index contributed by atoms with van der Waals surface area (Å²) < 4.78 is 2.46. The molecule has 0 radical (unpaired) electrons. The second-order valence-electron chi connectivity index (χ2n) is 6.12. The molecule has 1 aromatic heterocycles. The lowest BCUT2D eigenvalue weighted by atomic mass is 10.2. The van der Waals surface area contributed by atoms with Crippen molar-refractivity contribution in [2.24, 2.45) is 0 Å². The van der Waals surface area contributed by atoms with E-state index in [2.05, 4.69) is 81.2 Å². The fourth-order valence-corrected chi connectivity index (χ4v) is 3.43. The first kappa shape index (κ1) is 15.0. The lowest BCUT2D eigenvalue weighted by molar-refractivity contribution is 0.755. The molecule has 0 saturated carbocycles. The quantitative estimate of drug-likeness (QED) is 0.519. The highest BCUT2D eigenvalue weighted by molar-refractivity contribution is 7.24. The topological polar surface area (TPSA) is 19.4 Å². The monoisotopic (exact) mass is 312 g/mol. The SMILES string of the molecule is CC(C)N(C)c1ccc2nc3ccc(N(C)C)cc3[s+]c2c1. The molecule has 0 fully saturated rings. The van der Waals surface area contributed by atoms with Crippen LogP contribution in [0.2, 0.25) is 0 Å². The lowest BCUT2D eigenvalue weighted by Gasteiger charge is -2.23. The van der Waals surface area contributed by atoms with Gasteiger partial charge in [-0.15, -0.1) is 0 Å². The number of hydrogen-bond donors (Lipinski definition) is 0. The van der Waals surface area contributed by atoms with Crippen LogP contribution in [0, 0.1) is 0 Å². The summed E-state index contributed by atoms with van der Waals surface area (Å²) in [5, 5.41) is 0. The number of benzene rings is 2. The minimum absolute atomic E-state index is 0.483. The van der Waals surface area contributed by atoms with Gasteiger partial charge in [0.2, 0.25) is 11.3 Å². The summed E-state index contributed by atoms with van der Waals surface area (Å²) in [5.41, 5.74) is 4.58. The first-order valence-corrected chi connectivity index (χ1v) is 8.35. The second-order valence-corrected chi connectivity index (χ2v) is 7.20. The zero-order chi connectivity index (χ0) is 15.9. The highest BCUT2D eigenvalue weighted by Crippen LogP contribution is 2.31. The van der Waals surface area contributed by atoms with Gasteiger partial charge in [0, 0.05) is 50.7 Å².